The molecule has 0 radical (unpaired) electrons. The third kappa shape index (κ3) is 14.9. The van der Waals surface area contributed by atoms with Crippen molar-refractivity contribution in [2.75, 3.05) is 31.6 Å². The number of amides is 7. The molecule has 17 nitrogen and oxygen atoms in total. The van der Waals surface area contributed by atoms with E-state index in [1.54, 1.807) is 18.2 Å². The first-order chi connectivity index (χ1) is 32.6. The van der Waals surface area contributed by atoms with Gasteiger partial charge in [0.25, 0.3) is 11.8 Å². The number of hydrogen-bond acceptors (Lipinski definition) is 10. The van der Waals surface area contributed by atoms with Crippen LogP contribution >= 0.6 is 0 Å². The Bertz CT molecular complexity index is 2360. The van der Waals surface area contributed by atoms with E-state index in [1.807, 2.05) is 112 Å². The fourth-order valence-corrected chi connectivity index (χ4v) is 8.15. The average Bonchev–Trinajstić information content (AvgIpc) is 4.04. The maximum Gasteiger partial charge on any atom is 0.410 e. The van der Waals surface area contributed by atoms with Gasteiger partial charge in [-0.15, -0.1) is 0 Å². The second-order valence-electron chi connectivity index (χ2n) is 18.0. The lowest BCUT2D eigenvalue weighted by atomic mass is 9.99. The lowest BCUT2D eigenvalue weighted by molar-refractivity contribution is -0.147. The summed E-state index contributed by atoms with van der Waals surface area (Å²) in [7, 11) is 0. The van der Waals surface area contributed by atoms with Crippen LogP contribution in [0.3, 0.4) is 0 Å². The molecule has 2 heterocycles. The normalized spacial score (nSPS) is 16.9. The molecule has 17 heteroatoms. The van der Waals surface area contributed by atoms with Crippen molar-refractivity contribution in [3.05, 3.63) is 132 Å². The van der Waals surface area contributed by atoms with Gasteiger partial charge in [-0.05, 0) is 81.7 Å². The van der Waals surface area contributed by atoms with Crippen LogP contribution in [0.5, 0.6) is 5.75 Å². The van der Waals surface area contributed by atoms with Gasteiger partial charge in [0, 0.05) is 36.8 Å². The van der Waals surface area contributed by atoms with Gasteiger partial charge in [0.15, 0.2) is 12.7 Å². The zero-order valence-electron chi connectivity index (χ0n) is 38.7. The molecular weight excluding hydrogens is 871 g/mol. The van der Waals surface area contributed by atoms with Gasteiger partial charge in [0.1, 0.15) is 30.5 Å². The molecule has 6 rings (SSSR count). The van der Waals surface area contributed by atoms with Crippen LogP contribution in [-0.4, -0.2) is 118 Å². The number of nitrogens with zero attached hydrogens (tertiary/aromatic N) is 2. The van der Waals surface area contributed by atoms with Crippen LogP contribution in [0, 0.1) is 0 Å². The first-order valence-electron chi connectivity index (χ1n) is 22.9. The van der Waals surface area contributed by atoms with Gasteiger partial charge in [-0.3, -0.25) is 33.7 Å². The first kappa shape index (κ1) is 50.1. The molecule has 0 aliphatic carbocycles. The maximum absolute atomic E-state index is 13.7. The molecule has 2 fully saturated rings. The number of ether oxygens (including phenoxy) is 2. The molecule has 0 bridgehead atoms. The summed E-state index contributed by atoms with van der Waals surface area (Å²) in [5.41, 5.74) is 2.12. The van der Waals surface area contributed by atoms with E-state index in [0.717, 1.165) is 16.7 Å². The highest BCUT2D eigenvalue weighted by atomic mass is 16.6. The summed E-state index contributed by atoms with van der Waals surface area (Å²) in [5.74, 6) is -3.08. The molecular formula is C51H61N7O10. The molecule has 0 unspecified atom stereocenters. The average molecular weight is 932 g/mol. The SMILES string of the molecule is CC(C)(C)NC(=O)[C@@H]1CCCN1C(=O)[C@@H](O)[C@H](Cc1ccccc1)NC(=O)COc1cccc(NC(=O)CNC(=O)[C@@H](Cc2ccccc2)NC(=O)[C@@H]2CCCN2C(=O)OCc2ccccc2)c1. The Hall–Kier alpha value is -7.27. The van der Waals surface area contributed by atoms with Gasteiger partial charge < -0.3 is 46.1 Å². The van der Waals surface area contributed by atoms with Crippen LogP contribution in [0.4, 0.5) is 10.5 Å². The monoisotopic (exact) mass is 931 g/mol. The molecule has 4 aromatic rings. The zero-order valence-corrected chi connectivity index (χ0v) is 38.7. The summed E-state index contributed by atoms with van der Waals surface area (Å²) in [5, 5.41) is 25.2. The Morgan fingerprint density at radius 3 is 1.91 bits per heavy atom. The molecule has 7 amide bonds. The summed E-state index contributed by atoms with van der Waals surface area (Å²) in [6.45, 7) is 5.26. The standard InChI is InChI=1S/C51H61N7O10/c1-51(2,3)56-48(64)42-25-14-26-57(42)49(65)45(61)39(28-34-16-7-4-8-17-34)54-44(60)33-67-38-23-13-22-37(30-38)53-43(59)31-52-46(62)40(29-35-18-9-5-10-19-35)55-47(63)41-24-15-27-58(41)50(66)68-32-36-20-11-6-12-21-36/h4-13,16-23,30,39-42,45,61H,14-15,24-29,31-33H2,1-3H3,(H,52,62)(H,53,59)(H,54,60)(H,55,63)(H,56,64)/t39-,40+,41-,42-,45-/m0/s1. The fraction of sp³-hybridized carbons (Fsp3) is 0.392. The van der Waals surface area contributed by atoms with Gasteiger partial charge in [-0.2, -0.15) is 0 Å². The molecule has 4 aromatic carbocycles. The van der Waals surface area contributed by atoms with E-state index < -0.39 is 84.6 Å². The predicted octanol–water partition coefficient (Wildman–Crippen LogP) is 3.64. The quantitative estimate of drug-likeness (QED) is 0.0801. The minimum atomic E-state index is -1.66. The predicted molar refractivity (Wildman–Crippen MR) is 253 cm³/mol. The van der Waals surface area contributed by atoms with Crippen LogP contribution in [0.2, 0.25) is 0 Å². The van der Waals surface area contributed by atoms with Gasteiger partial charge >= 0.3 is 6.09 Å². The largest absolute Gasteiger partial charge is 0.484 e. The number of rotatable bonds is 19. The maximum atomic E-state index is 13.7. The fourth-order valence-electron chi connectivity index (χ4n) is 8.15. The van der Waals surface area contributed by atoms with E-state index in [2.05, 4.69) is 26.6 Å². The Morgan fingerprint density at radius 1 is 0.691 bits per heavy atom. The molecule has 2 saturated heterocycles. The number of carbonyl (C=O) groups is 7. The molecule has 68 heavy (non-hydrogen) atoms. The molecule has 360 valence electrons. The van der Waals surface area contributed by atoms with E-state index in [-0.39, 0.29) is 37.6 Å². The Kier molecular flexibility index (Phi) is 17.7. The van der Waals surface area contributed by atoms with Crippen molar-refractivity contribution in [1.29, 1.82) is 0 Å². The summed E-state index contributed by atoms with van der Waals surface area (Å²) in [4.78, 5) is 96.3. The molecule has 2 aliphatic rings. The van der Waals surface area contributed by atoms with Gasteiger partial charge in [-0.1, -0.05) is 97.1 Å². The van der Waals surface area contributed by atoms with Gasteiger partial charge in [0.2, 0.25) is 23.6 Å². The number of benzene rings is 4. The van der Waals surface area contributed by atoms with Crippen molar-refractivity contribution >= 4 is 47.2 Å². The third-order valence-corrected chi connectivity index (χ3v) is 11.4. The van der Waals surface area contributed by atoms with Crippen LogP contribution in [0.1, 0.15) is 63.1 Å². The number of aliphatic hydroxyl groups excluding tert-OH is 1. The number of nitrogens with one attached hydrogen (secondary N) is 5. The topological polar surface area (TPSA) is 225 Å². The first-order valence-corrected chi connectivity index (χ1v) is 22.9. The lowest BCUT2D eigenvalue weighted by Gasteiger charge is -2.32. The number of carbonyl (C=O) groups excluding carboxylic acids is 7. The highest BCUT2D eigenvalue weighted by molar-refractivity contribution is 5.97. The van der Waals surface area contributed by atoms with E-state index >= 15 is 0 Å². The van der Waals surface area contributed by atoms with Crippen molar-refractivity contribution in [2.24, 2.45) is 0 Å². The number of likely N-dealkylation sites (tertiary alicyclic amines) is 2. The second-order valence-corrected chi connectivity index (χ2v) is 18.0. The number of hydrogen-bond donors (Lipinski definition) is 6. The van der Waals surface area contributed by atoms with Crippen molar-refractivity contribution < 1.29 is 48.1 Å². The molecule has 2 aliphatic heterocycles. The van der Waals surface area contributed by atoms with Crippen molar-refractivity contribution in [3.63, 3.8) is 0 Å². The minimum Gasteiger partial charge on any atom is -0.484 e. The van der Waals surface area contributed by atoms with E-state index in [1.165, 1.54) is 15.9 Å². The van der Waals surface area contributed by atoms with Crippen LogP contribution in [0.25, 0.3) is 0 Å². The molecule has 0 spiro atoms. The van der Waals surface area contributed by atoms with Crippen LogP contribution in [0.15, 0.2) is 115 Å². The lowest BCUT2D eigenvalue weighted by Crippen LogP contribution is -2.57. The molecule has 0 aromatic heterocycles. The summed E-state index contributed by atoms with van der Waals surface area (Å²) in [6.07, 6.45) is -0.0432. The highest BCUT2D eigenvalue weighted by Gasteiger charge is 2.41. The van der Waals surface area contributed by atoms with E-state index in [0.29, 0.717) is 37.9 Å². The summed E-state index contributed by atoms with van der Waals surface area (Å²) >= 11 is 0. The second kappa shape index (κ2) is 24.0. The van der Waals surface area contributed by atoms with E-state index in [4.69, 9.17) is 9.47 Å². The van der Waals surface area contributed by atoms with Crippen LogP contribution in [-0.2, 0) is 53.0 Å². The molecule has 0 saturated carbocycles. The Morgan fingerprint density at radius 2 is 1.28 bits per heavy atom. The Balaban J connectivity index is 1.02. The minimum absolute atomic E-state index is 0.0502. The third-order valence-electron chi connectivity index (χ3n) is 11.4. The van der Waals surface area contributed by atoms with E-state index in [9.17, 15) is 38.7 Å². The molecule has 5 atom stereocenters. The smallest absolute Gasteiger partial charge is 0.410 e. The van der Waals surface area contributed by atoms with Crippen LogP contribution < -0.4 is 31.3 Å². The van der Waals surface area contributed by atoms with Gasteiger partial charge in [-0.25, -0.2) is 4.79 Å². The summed E-state index contributed by atoms with van der Waals surface area (Å²) < 4.78 is 11.3. The number of aliphatic hydroxyl groups is 1. The zero-order chi connectivity index (χ0) is 48.6. The van der Waals surface area contributed by atoms with Crippen molar-refractivity contribution in [2.45, 2.75) is 102 Å². The highest BCUT2D eigenvalue weighted by Crippen LogP contribution is 2.23. The number of anilines is 1. The molecule has 6 N–H and O–H groups in total. The summed E-state index contributed by atoms with van der Waals surface area (Å²) in [6, 6.07) is 29.9. The van der Waals surface area contributed by atoms with Crippen molar-refractivity contribution in [1.82, 2.24) is 31.1 Å². The Labute approximate surface area is 396 Å². The van der Waals surface area contributed by atoms with Crippen molar-refractivity contribution in [3.8, 4) is 5.75 Å². The van der Waals surface area contributed by atoms with Gasteiger partial charge in [0.05, 0.1) is 12.6 Å².